The van der Waals surface area contributed by atoms with Crippen molar-refractivity contribution in [3.63, 3.8) is 0 Å². The van der Waals surface area contributed by atoms with E-state index in [2.05, 4.69) is 22.2 Å². The van der Waals surface area contributed by atoms with E-state index in [1.807, 2.05) is 32.0 Å². The van der Waals surface area contributed by atoms with E-state index in [0.29, 0.717) is 17.8 Å². The second kappa shape index (κ2) is 8.03. The molecule has 0 aromatic heterocycles. The second-order valence-electron chi connectivity index (χ2n) is 6.08. The molecule has 0 radical (unpaired) electrons. The van der Waals surface area contributed by atoms with Crippen molar-refractivity contribution in [2.75, 3.05) is 43.4 Å². The van der Waals surface area contributed by atoms with Gasteiger partial charge in [0.05, 0.1) is 11.8 Å². The first kappa shape index (κ1) is 16.6. The van der Waals surface area contributed by atoms with E-state index in [1.54, 1.807) is 0 Å². The molecule has 5 heteroatoms. The molecule has 1 amide bonds. The molecule has 0 atom stereocenters. The molecule has 1 aromatic carbocycles. The van der Waals surface area contributed by atoms with Gasteiger partial charge in [0, 0.05) is 31.9 Å². The molecule has 122 valence electrons. The number of nitrogens with one attached hydrogen (secondary N) is 1. The molecule has 2 rings (SSSR count). The molecule has 0 saturated carbocycles. The maximum atomic E-state index is 10.7. The minimum Gasteiger partial charge on any atom is -0.489 e. The molecule has 1 aliphatic rings. The molecule has 1 aliphatic heterocycles. The first-order valence-corrected chi connectivity index (χ1v) is 8.04. The van der Waals surface area contributed by atoms with Crippen LogP contribution in [0.2, 0.25) is 0 Å². The van der Waals surface area contributed by atoms with E-state index in [4.69, 9.17) is 4.74 Å². The van der Waals surface area contributed by atoms with Crippen molar-refractivity contribution in [1.29, 1.82) is 0 Å². The van der Waals surface area contributed by atoms with E-state index in [-0.39, 0.29) is 6.10 Å². The number of likely N-dealkylation sites (N-methyl/N-ethyl adjacent to an activating group) is 1. The molecule has 1 aromatic rings. The van der Waals surface area contributed by atoms with Crippen molar-refractivity contribution in [3.05, 3.63) is 18.2 Å². The van der Waals surface area contributed by atoms with Crippen LogP contribution in [0.3, 0.4) is 0 Å². The number of rotatable bonds is 8. The highest BCUT2D eigenvalue weighted by atomic mass is 16.5. The number of likely N-dealkylation sites (tertiary alicyclic amines) is 1. The standard InChI is InChI=1S/C17H27N3O2/c1-14(2)22-17-12-15(6-7-16(17)18-13-21)19(3)10-11-20-8-4-5-9-20/h6-7,12-14H,4-5,8-11H2,1-3H3,(H,18,21). The van der Waals surface area contributed by atoms with Crippen molar-refractivity contribution in [2.24, 2.45) is 0 Å². The van der Waals surface area contributed by atoms with E-state index in [9.17, 15) is 4.79 Å². The van der Waals surface area contributed by atoms with E-state index in [1.165, 1.54) is 25.9 Å². The van der Waals surface area contributed by atoms with Crippen LogP contribution < -0.4 is 15.0 Å². The number of carbonyl (C=O) groups is 1. The van der Waals surface area contributed by atoms with Gasteiger partial charge in [-0.15, -0.1) is 0 Å². The van der Waals surface area contributed by atoms with Gasteiger partial charge in [-0.3, -0.25) is 4.79 Å². The maximum Gasteiger partial charge on any atom is 0.211 e. The van der Waals surface area contributed by atoms with Gasteiger partial charge in [-0.05, 0) is 51.9 Å². The zero-order valence-corrected chi connectivity index (χ0v) is 13.8. The Bertz CT molecular complexity index is 485. The Balaban J connectivity index is 2.03. The van der Waals surface area contributed by atoms with Gasteiger partial charge in [0.2, 0.25) is 6.41 Å². The van der Waals surface area contributed by atoms with Gasteiger partial charge >= 0.3 is 0 Å². The highest BCUT2D eigenvalue weighted by Crippen LogP contribution is 2.30. The van der Waals surface area contributed by atoms with Crippen LogP contribution in [0, 0.1) is 0 Å². The Morgan fingerprint density at radius 1 is 1.36 bits per heavy atom. The van der Waals surface area contributed by atoms with E-state index in [0.717, 1.165) is 18.8 Å². The lowest BCUT2D eigenvalue weighted by atomic mass is 10.2. The smallest absolute Gasteiger partial charge is 0.211 e. The second-order valence-corrected chi connectivity index (χ2v) is 6.08. The molecule has 0 unspecified atom stereocenters. The molecule has 0 spiro atoms. The summed E-state index contributed by atoms with van der Waals surface area (Å²) in [6.45, 7) is 8.48. The number of amides is 1. The number of hydrogen-bond acceptors (Lipinski definition) is 4. The van der Waals surface area contributed by atoms with Crippen LogP contribution in [0.25, 0.3) is 0 Å². The van der Waals surface area contributed by atoms with Crippen molar-refractivity contribution >= 4 is 17.8 Å². The van der Waals surface area contributed by atoms with Crippen molar-refractivity contribution < 1.29 is 9.53 Å². The third-order valence-electron chi connectivity index (χ3n) is 3.93. The van der Waals surface area contributed by atoms with Crippen LogP contribution in [-0.2, 0) is 4.79 Å². The highest BCUT2D eigenvalue weighted by Gasteiger charge is 2.13. The minimum absolute atomic E-state index is 0.0670. The normalized spacial score (nSPS) is 15.1. The summed E-state index contributed by atoms with van der Waals surface area (Å²) in [6, 6.07) is 5.91. The summed E-state index contributed by atoms with van der Waals surface area (Å²) < 4.78 is 5.81. The summed E-state index contributed by atoms with van der Waals surface area (Å²) >= 11 is 0. The van der Waals surface area contributed by atoms with Gasteiger partial charge in [0.15, 0.2) is 0 Å². The maximum absolute atomic E-state index is 10.7. The van der Waals surface area contributed by atoms with Crippen LogP contribution in [0.1, 0.15) is 26.7 Å². The topological polar surface area (TPSA) is 44.8 Å². The molecule has 0 bridgehead atoms. The van der Waals surface area contributed by atoms with Crippen LogP contribution in [0.5, 0.6) is 5.75 Å². The Labute approximate surface area is 133 Å². The number of benzene rings is 1. The minimum atomic E-state index is 0.0670. The lowest BCUT2D eigenvalue weighted by Gasteiger charge is -2.24. The number of carbonyl (C=O) groups excluding carboxylic acids is 1. The fourth-order valence-electron chi connectivity index (χ4n) is 2.71. The molecule has 5 nitrogen and oxygen atoms in total. The number of ether oxygens (including phenoxy) is 1. The average Bonchev–Trinajstić information content (AvgIpc) is 2.99. The predicted octanol–water partition coefficient (Wildman–Crippen LogP) is 2.57. The third kappa shape index (κ3) is 4.63. The summed E-state index contributed by atoms with van der Waals surface area (Å²) in [7, 11) is 2.09. The fraction of sp³-hybridized carbons (Fsp3) is 0.588. The van der Waals surface area contributed by atoms with Crippen molar-refractivity contribution in [3.8, 4) is 5.75 Å². The first-order chi connectivity index (χ1) is 10.6. The average molecular weight is 305 g/mol. The van der Waals surface area contributed by atoms with Crippen LogP contribution in [0.15, 0.2) is 18.2 Å². The first-order valence-electron chi connectivity index (χ1n) is 8.04. The van der Waals surface area contributed by atoms with Crippen LogP contribution >= 0.6 is 0 Å². The van der Waals surface area contributed by atoms with E-state index >= 15 is 0 Å². The van der Waals surface area contributed by atoms with Gasteiger partial charge in [0.25, 0.3) is 0 Å². The van der Waals surface area contributed by atoms with Gasteiger partial charge in [-0.25, -0.2) is 0 Å². The number of anilines is 2. The highest BCUT2D eigenvalue weighted by molar-refractivity contribution is 5.77. The largest absolute Gasteiger partial charge is 0.489 e. The molecule has 1 heterocycles. The SMILES string of the molecule is CC(C)Oc1cc(N(C)CCN2CCCC2)ccc1NC=O. The fourth-order valence-corrected chi connectivity index (χ4v) is 2.71. The van der Waals surface area contributed by atoms with Gasteiger partial charge < -0.3 is 19.9 Å². The van der Waals surface area contributed by atoms with E-state index < -0.39 is 0 Å². The molecular formula is C17H27N3O2. The Kier molecular flexibility index (Phi) is 6.07. The molecule has 0 aliphatic carbocycles. The summed E-state index contributed by atoms with van der Waals surface area (Å²) in [4.78, 5) is 15.4. The monoisotopic (exact) mass is 305 g/mol. The summed E-state index contributed by atoms with van der Waals surface area (Å²) in [6.07, 6.45) is 3.39. The summed E-state index contributed by atoms with van der Waals surface area (Å²) in [5, 5.41) is 2.69. The molecule has 1 fully saturated rings. The van der Waals surface area contributed by atoms with Crippen molar-refractivity contribution in [1.82, 2.24) is 4.90 Å². The zero-order chi connectivity index (χ0) is 15.9. The van der Waals surface area contributed by atoms with Gasteiger partial charge in [-0.1, -0.05) is 0 Å². The number of nitrogens with zero attached hydrogens (tertiary/aromatic N) is 2. The summed E-state index contributed by atoms with van der Waals surface area (Å²) in [5.74, 6) is 0.715. The molecular weight excluding hydrogens is 278 g/mol. The third-order valence-corrected chi connectivity index (χ3v) is 3.93. The summed E-state index contributed by atoms with van der Waals surface area (Å²) in [5.41, 5.74) is 1.81. The Morgan fingerprint density at radius 3 is 2.73 bits per heavy atom. The van der Waals surface area contributed by atoms with Crippen molar-refractivity contribution in [2.45, 2.75) is 32.8 Å². The molecule has 1 saturated heterocycles. The zero-order valence-electron chi connectivity index (χ0n) is 13.8. The quantitative estimate of drug-likeness (QED) is 0.750. The van der Waals surface area contributed by atoms with Crippen LogP contribution in [-0.4, -0.2) is 50.6 Å². The Hall–Kier alpha value is -1.75. The molecule has 1 N–H and O–H groups in total. The predicted molar refractivity (Wildman–Crippen MR) is 90.8 cm³/mol. The Morgan fingerprint density at radius 2 is 2.09 bits per heavy atom. The van der Waals surface area contributed by atoms with Gasteiger partial charge in [-0.2, -0.15) is 0 Å². The van der Waals surface area contributed by atoms with Gasteiger partial charge in [0.1, 0.15) is 5.75 Å². The lowest BCUT2D eigenvalue weighted by Crippen LogP contribution is -2.31. The van der Waals surface area contributed by atoms with Crippen LogP contribution in [0.4, 0.5) is 11.4 Å². The molecule has 22 heavy (non-hydrogen) atoms. The lowest BCUT2D eigenvalue weighted by molar-refractivity contribution is -0.105. The number of hydrogen-bond donors (Lipinski definition) is 1.